The van der Waals surface area contributed by atoms with E-state index in [4.69, 9.17) is 10.3 Å². The van der Waals surface area contributed by atoms with Crippen molar-refractivity contribution in [3.63, 3.8) is 0 Å². The summed E-state index contributed by atoms with van der Waals surface area (Å²) in [5.74, 6) is 0.0110. The Morgan fingerprint density at radius 3 is 2.24 bits per heavy atom. The monoisotopic (exact) mass is 368 g/mol. The summed E-state index contributed by atoms with van der Waals surface area (Å²) >= 11 is 0. The van der Waals surface area contributed by atoms with E-state index in [1.54, 1.807) is 36.9 Å². The first-order valence-electron chi connectivity index (χ1n) is 7.13. The van der Waals surface area contributed by atoms with E-state index in [2.05, 4.69) is 5.16 Å². The third kappa shape index (κ3) is 5.52. The van der Waals surface area contributed by atoms with Gasteiger partial charge in [-0.05, 0) is 19.1 Å². The number of aromatic hydroxyl groups is 1. The largest absolute Gasteiger partial charge is 0.744 e. The van der Waals surface area contributed by atoms with Crippen LogP contribution in [-0.2, 0) is 23.8 Å². The minimum atomic E-state index is -4.27. The van der Waals surface area contributed by atoms with Crippen molar-refractivity contribution in [3.8, 4) is 5.75 Å². The maximum absolute atomic E-state index is 10.4. The summed E-state index contributed by atoms with van der Waals surface area (Å²) in [6, 6.07) is 5.78. The molecule has 9 heteroatoms. The maximum atomic E-state index is 10.4. The van der Waals surface area contributed by atoms with Crippen molar-refractivity contribution in [1.29, 1.82) is 0 Å². The van der Waals surface area contributed by atoms with E-state index in [0.29, 0.717) is 16.8 Å². The molecule has 1 aromatic carbocycles. The van der Waals surface area contributed by atoms with Gasteiger partial charge in [-0.2, -0.15) is 0 Å². The van der Waals surface area contributed by atoms with E-state index in [-0.39, 0.29) is 17.3 Å². The number of oxime groups is 1. The Morgan fingerprint density at radius 1 is 1.24 bits per heavy atom. The van der Waals surface area contributed by atoms with Crippen LogP contribution in [0.3, 0.4) is 0 Å². The number of rotatable bonds is 3. The summed E-state index contributed by atoms with van der Waals surface area (Å²) < 4.78 is 32.9. The van der Waals surface area contributed by atoms with Gasteiger partial charge in [0.25, 0.3) is 0 Å². The predicted octanol–water partition coefficient (Wildman–Crippen LogP) is 0.725. The molecule has 8 nitrogen and oxygen atoms in total. The first-order chi connectivity index (χ1) is 11.6. The maximum Gasteiger partial charge on any atom is 0.220 e. The fourth-order valence-electron chi connectivity index (χ4n) is 1.95. The van der Waals surface area contributed by atoms with Crippen molar-refractivity contribution in [2.24, 2.45) is 12.2 Å². The number of benzene rings is 1. The molecule has 3 N–H and O–H groups in total. The van der Waals surface area contributed by atoms with Gasteiger partial charge in [-0.1, -0.05) is 22.9 Å². The standard InChI is InChI=1S/C9H12N2O3.C7H8O3S/c1-6-9(13)8(3-10-14)7(5-12)4-11(6)2;1-6-2-4-7(5-3-6)11(8,9)10/h3-4,12-13H,5H2,1-2H3;2-5H,1H3,(H,8,9,10). The van der Waals surface area contributed by atoms with Gasteiger partial charge in [-0.3, -0.25) is 0 Å². The van der Waals surface area contributed by atoms with Crippen molar-refractivity contribution >= 4 is 16.3 Å². The lowest BCUT2D eigenvalue weighted by molar-refractivity contribution is -0.678. The van der Waals surface area contributed by atoms with Crippen molar-refractivity contribution in [2.45, 2.75) is 25.3 Å². The number of aryl methyl sites for hydroxylation is 2. The fourth-order valence-corrected chi connectivity index (χ4v) is 2.42. The van der Waals surface area contributed by atoms with Crippen molar-refractivity contribution < 1.29 is 33.0 Å². The van der Waals surface area contributed by atoms with Gasteiger partial charge in [0.1, 0.15) is 17.2 Å². The van der Waals surface area contributed by atoms with Gasteiger partial charge in [0.05, 0.1) is 28.8 Å². The second-order valence-electron chi connectivity index (χ2n) is 5.28. The number of nitrogens with zero attached hydrogens (tertiary/aromatic N) is 2. The van der Waals surface area contributed by atoms with Gasteiger partial charge in [-0.15, -0.1) is 0 Å². The van der Waals surface area contributed by atoms with E-state index >= 15 is 0 Å². The van der Waals surface area contributed by atoms with Crippen LogP contribution in [0, 0.1) is 13.8 Å². The molecule has 25 heavy (non-hydrogen) atoms. The first kappa shape index (κ1) is 20.6. The van der Waals surface area contributed by atoms with Gasteiger partial charge in [0, 0.05) is 6.92 Å². The molecule has 0 radical (unpaired) electrons. The van der Waals surface area contributed by atoms with Crippen LogP contribution in [0.4, 0.5) is 0 Å². The quantitative estimate of drug-likeness (QED) is 0.240. The van der Waals surface area contributed by atoms with Gasteiger partial charge < -0.3 is 20.0 Å². The summed E-state index contributed by atoms with van der Waals surface area (Å²) in [4.78, 5) is -0.178. The van der Waals surface area contributed by atoms with E-state index in [1.165, 1.54) is 12.1 Å². The van der Waals surface area contributed by atoms with Crippen molar-refractivity contribution in [1.82, 2.24) is 0 Å². The fraction of sp³-hybridized carbons (Fsp3) is 0.250. The van der Waals surface area contributed by atoms with Crippen LogP contribution in [0.2, 0.25) is 0 Å². The number of pyridine rings is 1. The Bertz CT molecular complexity index is 861. The molecule has 0 spiro atoms. The molecule has 0 fully saturated rings. The second-order valence-corrected chi connectivity index (χ2v) is 6.66. The van der Waals surface area contributed by atoms with E-state index in [9.17, 15) is 18.1 Å². The highest BCUT2D eigenvalue weighted by Gasteiger charge is 2.17. The highest BCUT2D eigenvalue weighted by atomic mass is 32.2. The van der Waals surface area contributed by atoms with Crippen LogP contribution in [0.1, 0.15) is 22.4 Å². The van der Waals surface area contributed by atoms with Gasteiger partial charge in [-0.25, -0.2) is 13.0 Å². The van der Waals surface area contributed by atoms with Gasteiger partial charge in [0.2, 0.25) is 5.69 Å². The summed E-state index contributed by atoms with van der Waals surface area (Å²) in [6.07, 6.45) is 2.78. The van der Waals surface area contributed by atoms with Crippen LogP contribution in [-0.4, -0.2) is 34.6 Å². The molecule has 2 rings (SSSR count). The minimum absolute atomic E-state index is 0.0110. The molecular weight excluding hydrogens is 348 g/mol. The average Bonchev–Trinajstić information content (AvgIpc) is 2.55. The highest BCUT2D eigenvalue weighted by Crippen LogP contribution is 2.20. The normalized spacial score (nSPS) is 11.2. The Hall–Kier alpha value is -2.49. The molecule has 1 heterocycles. The summed E-state index contributed by atoms with van der Waals surface area (Å²) in [7, 11) is -2.51. The van der Waals surface area contributed by atoms with Crippen LogP contribution >= 0.6 is 0 Å². The zero-order valence-electron chi connectivity index (χ0n) is 14.0. The molecule has 0 bridgehead atoms. The lowest BCUT2D eigenvalue weighted by Gasteiger charge is -2.05. The molecule has 1 aromatic heterocycles. The number of aliphatic hydroxyl groups excluding tert-OH is 1. The van der Waals surface area contributed by atoms with Crippen LogP contribution in [0.5, 0.6) is 5.75 Å². The third-order valence-electron chi connectivity index (χ3n) is 3.49. The first-order valence-corrected chi connectivity index (χ1v) is 8.54. The Labute approximate surface area is 146 Å². The van der Waals surface area contributed by atoms with E-state index in [1.807, 2.05) is 6.92 Å². The van der Waals surface area contributed by atoms with Crippen molar-refractivity contribution in [3.05, 3.63) is 52.8 Å². The molecular formula is C16H20N2O6S. The Balaban J connectivity index is 0.000000257. The predicted molar refractivity (Wildman–Crippen MR) is 88.5 cm³/mol. The molecule has 0 aliphatic carbocycles. The average molecular weight is 368 g/mol. The topological polar surface area (TPSA) is 134 Å². The lowest BCUT2D eigenvalue weighted by atomic mass is 10.1. The van der Waals surface area contributed by atoms with Crippen molar-refractivity contribution in [2.75, 3.05) is 0 Å². The van der Waals surface area contributed by atoms with Crippen LogP contribution in [0.25, 0.3) is 0 Å². The van der Waals surface area contributed by atoms with E-state index < -0.39 is 10.1 Å². The van der Waals surface area contributed by atoms with Crippen LogP contribution in [0.15, 0.2) is 40.5 Å². The second kappa shape index (κ2) is 8.56. The molecule has 0 atom stereocenters. The van der Waals surface area contributed by atoms with E-state index in [0.717, 1.165) is 11.8 Å². The minimum Gasteiger partial charge on any atom is -0.744 e. The summed E-state index contributed by atoms with van der Waals surface area (Å²) in [5.41, 5.74) is 2.41. The molecule has 0 aliphatic heterocycles. The third-order valence-corrected chi connectivity index (χ3v) is 4.34. The molecule has 0 saturated heterocycles. The smallest absolute Gasteiger partial charge is 0.220 e. The zero-order valence-corrected chi connectivity index (χ0v) is 14.9. The number of hydrogen-bond acceptors (Lipinski definition) is 7. The number of aliphatic hydroxyl groups is 1. The van der Waals surface area contributed by atoms with Crippen LogP contribution < -0.4 is 4.57 Å². The number of hydrogen-bond donors (Lipinski definition) is 3. The molecule has 136 valence electrons. The SMILES string of the molecule is Cc1c(O)c(C=NO)c(CO)c[n+]1C.Cc1ccc(S(=O)(=O)[O-])cc1. The van der Waals surface area contributed by atoms with Gasteiger partial charge >= 0.3 is 0 Å². The Morgan fingerprint density at radius 2 is 1.80 bits per heavy atom. The molecule has 0 aliphatic rings. The lowest BCUT2D eigenvalue weighted by Crippen LogP contribution is -2.33. The molecule has 0 amide bonds. The molecule has 2 aromatic rings. The Kier molecular flexibility index (Phi) is 7.04. The summed E-state index contributed by atoms with van der Waals surface area (Å²) in [5, 5.41) is 29.9. The van der Waals surface area contributed by atoms with Gasteiger partial charge in [0.15, 0.2) is 11.9 Å². The number of aromatic nitrogens is 1. The molecule has 0 unspecified atom stereocenters. The molecule has 0 saturated carbocycles. The zero-order chi connectivity index (χ0) is 19.2. The highest BCUT2D eigenvalue weighted by molar-refractivity contribution is 7.85. The summed E-state index contributed by atoms with van der Waals surface area (Å²) in [6.45, 7) is 3.33.